The van der Waals surface area contributed by atoms with Crippen molar-refractivity contribution in [1.29, 1.82) is 0 Å². The fourth-order valence-corrected chi connectivity index (χ4v) is 3.40. The van der Waals surface area contributed by atoms with Crippen molar-refractivity contribution in [3.05, 3.63) is 35.9 Å². The third-order valence-electron chi connectivity index (χ3n) is 4.78. The van der Waals surface area contributed by atoms with Crippen LogP contribution >= 0.6 is 12.4 Å². The number of hydrogen-bond donors (Lipinski definition) is 1. The van der Waals surface area contributed by atoms with Gasteiger partial charge >= 0.3 is 0 Å². The van der Waals surface area contributed by atoms with Gasteiger partial charge in [-0.05, 0) is 18.4 Å². The lowest BCUT2D eigenvalue weighted by molar-refractivity contribution is -0.132. The summed E-state index contributed by atoms with van der Waals surface area (Å²) in [6.07, 6.45) is 2.54. The molecule has 0 unspecified atom stereocenters. The zero-order valence-corrected chi connectivity index (χ0v) is 14.7. The van der Waals surface area contributed by atoms with Gasteiger partial charge in [-0.2, -0.15) is 0 Å². The highest BCUT2D eigenvalue weighted by Gasteiger charge is 2.33. The van der Waals surface area contributed by atoms with Gasteiger partial charge in [0.2, 0.25) is 5.91 Å². The van der Waals surface area contributed by atoms with Gasteiger partial charge in [0, 0.05) is 38.3 Å². The number of hydrogen-bond acceptors (Lipinski definition) is 4. The van der Waals surface area contributed by atoms with E-state index in [4.69, 9.17) is 15.2 Å². The Morgan fingerprint density at radius 1 is 1.21 bits per heavy atom. The van der Waals surface area contributed by atoms with E-state index in [2.05, 4.69) is 12.1 Å². The fraction of sp³-hybridized carbons (Fsp3) is 0.611. The maximum atomic E-state index is 12.4. The van der Waals surface area contributed by atoms with Crippen LogP contribution in [0.25, 0.3) is 0 Å². The second-order valence-corrected chi connectivity index (χ2v) is 6.41. The zero-order chi connectivity index (χ0) is 16.1. The molecule has 2 heterocycles. The van der Waals surface area contributed by atoms with Crippen molar-refractivity contribution in [2.75, 3.05) is 32.9 Å². The number of amides is 1. The smallest absolute Gasteiger partial charge is 0.224 e. The molecule has 6 heteroatoms. The van der Waals surface area contributed by atoms with E-state index in [1.54, 1.807) is 0 Å². The Bertz CT molecular complexity index is 508. The molecule has 1 aromatic rings. The molecule has 134 valence electrons. The number of likely N-dealkylation sites (tertiary alicyclic amines) is 1. The van der Waals surface area contributed by atoms with Crippen molar-refractivity contribution in [2.45, 2.75) is 37.3 Å². The molecule has 2 fully saturated rings. The molecule has 1 aromatic carbocycles. The average molecular weight is 355 g/mol. The Balaban J connectivity index is 0.00000208. The van der Waals surface area contributed by atoms with Gasteiger partial charge < -0.3 is 20.1 Å². The largest absolute Gasteiger partial charge is 0.381 e. The van der Waals surface area contributed by atoms with Crippen molar-refractivity contribution in [1.82, 2.24) is 4.90 Å². The molecule has 2 saturated heterocycles. The molecular weight excluding hydrogens is 328 g/mol. The number of ether oxygens (including phenoxy) is 2. The summed E-state index contributed by atoms with van der Waals surface area (Å²) in [5.41, 5.74) is 7.46. The van der Waals surface area contributed by atoms with Gasteiger partial charge in [0.1, 0.15) is 0 Å². The highest BCUT2D eigenvalue weighted by atomic mass is 35.5. The van der Waals surface area contributed by atoms with E-state index in [0.717, 1.165) is 26.1 Å². The van der Waals surface area contributed by atoms with Crippen LogP contribution in [0.2, 0.25) is 0 Å². The quantitative estimate of drug-likeness (QED) is 0.877. The van der Waals surface area contributed by atoms with Crippen molar-refractivity contribution in [3.8, 4) is 0 Å². The summed E-state index contributed by atoms with van der Waals surface area (Å²) < 4.78 is 11.1. The summed E-state index contributed by atoms with van der Waals surface area (Å²) in [5.74, 6) is 0.377. The minimum absolute atomic E-state index is 0. The molecule has 2 atom stereocenters. The van der Waals surface area contributed by atoms with Crippen LogP contribution in [0.3, 0.4) is 0 Å². The van der Waals surface area contributed by atoms with E-state index < -0.39 is 0 Å². The number of rotatable bonds is 5. The maximum Gasteiger partial charge on any atom is 0.224 e. The van der Waals surface area contributed by atoms with Gasteiger partial charge in [0.05, 0.1) is 19.1 Å². The average Bonchev–Trinajstić information content (AvgIpc) is 2.98. The fourth-order valence-electron chi connectivity index (χ4n) is 3.40. The number of carbonyl (C=O) groups is 1. The summed E-state index contributed by atoms with van der Waals surface area (Å²) in [5, 5.41) is 0. The summed E-state index contributed by atoms with van der Waals surface area (Å²) in [4.78, 5) is 14.3. The van der Waals surface area contributed by atoms with Crippen LogP contribution in [-0.4, -0.2) is 55.9 Å². The van der Waals surface area contributed by atoms with Crippen LogP contribution in [0.5, 0.6) is 0 Å². The van der Waals surface area contributed by atoms with Crippen LogP contribution in [-0.2, 0) is 14.3 Å². The van der Waals surface area contributed by atoms with Crippen molar-refractivity contribution >= 4 is 18.3 Å². The molecule has 0 saturated carbocycles. The standard InChI is InChI=1S/C18H26N2O3.ClH/c19-17-13-20(12-16(17)14-4-2-1-3-5-14)18(21)8-11-23-15-6-9-22-10-7-15;/h1-5,15-17H,6-13,19H2;1H/t16-,17+;/m0./s1. The lowest BCUT2D eigenvalue weighted by Crippen LogP contribution is -2.33. The molecule has 0 spiro atoms. The van der Waals surface area contributed by atoms with E-state index in [0.29, 0.717) is 26.1 Å². The van der Waals surface area contributed by atoms with Gasteiger partial charge in [-0.3, -0.25) is 4.79 Å². The summed E-state index contributed by atoms with van der Waals surface area (Å²) in [6.45, 7) is 3.36. The molecule has 5 nitrogen and oxygen atoms in total. The first-order valence-electron chi connectivity index (χ1n) is 8.51. The number of halogens is 1. The highest BCUT2D eigenvalue weighted by molar-refractivity contribution is 5.85. The van der Waals surface area contributed by atoms with Gasteiger partial charge in [-0.1, -0.05) is 30.3 Å². The molecule has 0 radical (unpaired) electrons. The normalized spacial score (nSPS) is 24.6. The SMILES string of the molecule is Cl.N[C@@H]1CN(C(=O)CCOC2CCOCC2)C[C@H]1c1ccccc1. The molecule has 1 amide bonds. The van der Waals surface area contributed by atoms with Crippen molar-refractivity contribution < 1.29 is 14.3 Å². The minimum atomic E-state index is 0. The van der Waals surface area contributed by atoms with Gasteiger partial charge in [-0.15, -0.1) is 12.4 Å². The summed E-state index contributed by atoms with van der Waals surface area (Å²) in [6, 6.07) is 10.2. The van der Waals surface area contributed by atoms with Crippen LogP contribution in [0.4, 0.5) is 0 Å². The predicted molar refractivity (Wildman–Crippen MR) is 95.4 cm³/mol. The third kappa shape index (κ3) is 4.93. The van der Waals surface area contributed by atoms with Crippen LogP contribution in [0.1, 0.15) is 30.7 Å². The van der Waals surface area contributed by atoms with Crippen LogP contribution in [0.15, 0.2) is 30.3 Å². The molecule has 3 rings (SSSR count). The second kappa shape index (κ2) is 9.37. The van der Waals surface area contributed by atoms with Gasteiger partial charge in [0.25, 0.3) is 0 Å². The molecule has 0 bridgehead atoms. The zero-order valence-electron chi connectivity index (χ0n) is 13.9. The van der Waals surface area contributed by atoms with E-state index in [1.807, 2.05) is 23.1 Å². The van der Waals surface area contributed by atoms with Gasteiger partial charge in [-0.25, -0.2) is 0 Å². The van der Waals surface area contributed by atoms with Gasteiger partial charge in [0.15, 0.2) is 0 Å². The second-order valence-electron chi connectivity index (χ2n) is 6.41. The lowest BCUT2D eigenvalue weighted by Gasteiger charge is -2.23. The molecule has 2 aliphatic rings. The summed E-state index contributed by atoms with van der Waals surface area (Å²) in [7, 11) is 0. The Morgan fingerprint density at radius 2 is 1.92 bits per heavy atom. The molecule has 2 aliphatic heterocycles. The van der Waals surface area contributed by atoms with Crippen molar-refractivity contribution in [2.24, 2.45) is 5.73 Å². The van der Waals surface area contributed by atoms with Crippen molar-refractivity contribution in [3.63, 3.8) is 0 Å². The predicted octanol–water partition coefficient (Wildman–Crippen LogP) is 1.95. The molecule has 24 heavy (non-hydrogen) atoms. The number of benzene rings is 1. The van der Waals surface area contributed by atoms with E-state index >= 15 is 0 Å². The maximum absolute atomic E-state index is 12.4. The molecule has 0 aliphatic carbocycles. The Kier molecular flexibility index (Phi) is 7.49. The topological polar surface area (TPSA) is 64.8 Å². The molecule has 0 aromatic heterocycles. The van der Waals surface area contributed by atoms with Crippen LogP contribution in [0, 0.1) is 0 Å². The first-order valence-corrected chi connectivity index (χ1v) is 8.51. The monoisotopic (exact) mass is 354 g/mol. The highest BCUT2D eigenvalue weighted by Crippen LogP contribution is 2.26. The Labute approximate surface area is 149 Å². The van der Waals surface area contributed by atoms with E-state index in [1.165, 1.54) is 5.56 Å². The third-order valence-corrected chi connectivity index (χ3v) is 4.78. The van der Waals surface area contributed by atoms with Crippen LogP contribution < -0.4 is 5.73 Å². The minimum Gasteiger partial charge on any atom is -0.381 e. The first kappa shape index (κ1) is 19.2. The van der Waals surface area contributed by atoms with E-state index in [9.17, 15) is 4.79 Å². The molecule has 2 N–H and O–H groups in total. The summed E-state index contributed by atoms with van der Waals surface area (Å²) >= 11 is 0. The number of nitrogens with zero attached hydrogens (tertiary/aromatic N) is 1. The Morgan fingerprint density at radius 3 is 2.62 bits per heavy atom. The molecular formula is C18H27ClN2O3. The number of nitrogens with two attached hydrogens (primary N) is 1. The Hall–Kier alpha value is -1.14. The lowest BCUT2D eigenvalue weighted by atomic mass is 9.95. The first-order chi connectivity index (χ1) is 11.2. The van der Waals surface area contributed by atoms with E-state index in [-0.39, 0.29) is 36.4 Å². The number of carbonyl (C=O) groups excluding carboxylic acids is 1.